The zero-order chi connectivity index (χ0) is 45.5. The Morgan fingerprint density at radius 1 is 0.162 bits per heavy atom. The summed E-state index contributed by atoms with van der Waals surface area (Å²) >= 11 is 0. The van der Waals surface area contributed by atoms with Crippen LogP contribution in [0.2, 0.25) is 0 Å². The third-order valence-electron chi connectivity index (χ3n) is 12.7. The number of nitrogens with zero attached hydrogens (tertiary/aromatic N) is 2. The average Bonchev–Trinajstić information content (AvgIpc) is 3.43. The minimum Gasteiger partial charge on any atom is -0.311 e. The van der Waals surface area contributed by atoms with E-state index in [-0.39, 0.29) is 0 Å². The fraction of sp³-hybridized carbons (Fsp3) is 0. The van der Waals surface area contributed by atoms with Gasteiger partial charge in [0.2, 0.25) is 0 Å². The van der Waals surface area contributed by atoms with Gasteiger partial charge in [0, 0.05) is 34.0 Å². The van der Waals surface area contributed by atoms with E-state index < -0.39 is 0 Å². The van der Waals surface area contributed by atoms with E-state index >= 15 is 0 Å². The Hall–Kier alpha value is -8.98. The van der Waals surface area contributed by atoms with Crippen LogP contribution in [0.4, 0.5) is 34.1 Å². The number of hydrogen-bond donors (Lipinski definition) is 0. The molecule has 0 aromatic heterocycles. The highest BCUT2D eigenvalue weighted by atomic mass is 15.1. The number of benzene rings is 11. The minimum absolute atomic E-state index is 1.08. The molecule has 0 bridgehead atoms. The molecule has 0 spiro atoms. The Balaban J connectivity index is 0.982. The molecular formula is C66H48N2. The lowest BCUT2D eigenvalue weighted by atomic mass is 9.95. The van der Waals surface area contributed by atoms with Gasteiger partial charge in [0.25, 0.3) is 0 Å². The summed E-state index contributed by atoms with van der Waals surface area (Å²) in [4.78, 5) is 4.73. The Morgan fingerprint density at radius 2 is 0.382 bits per heavy atom. The van der Waals surface area contributed by atoms with E-state index in [4.69, 9.17) is 0 Å². The summed E-state index contributed by atoms with van der Waals surface area (Å²) in [5.74, 6) is 0. The summed E-state index contributed by atoms with van der Waals surface area (Å²) in [6.07, 6.45) is 0. The molecule has 11 rings (SSSR count). The first-order chi connectivity index (χ1) is 33.7. The molecule has 0 saturated heterocycles. The highest BCUT2D eigenvalue weighted by Gasteiger charge is 2.20. The summed E-state index contributed by atoms with van der Waals surface area (Å²) in [6, 6.07) is 105. The molecule has 2 heteroatoms. The Morgan fingerprint density at radius 3 is 0.676 bits per heavy atom. The minimum atomic E-state index is 1.08. The van der Waals surface area contributed by atoms with Crippen LogP contribution >= 0.6 is 0 Å². The SMILES string of the molecule is c1ccc(-c2ccc(N(c3ccc(-c4ccccc4)cc3)c3ccc(-c4ccc(N(c5ccc(-c6ccccc6)cc5)c5ccc(-c6ccccc6)cc5)c(-c5ccccc5)c4)cc3)cc2)cc1. The molecule has 2 nitrogen and oxygen atoms in total. The quantitative estimate of drug-likeness (QED) is 0.121. The van der Waals surface area contributed by atoms with Gasteiger partial charge in [-0.25, -0.2) is 0 Å². The lowest BCUT2D eigenvalue weighted by molar-refractivity contribution is 1.28. The van der Waals surface area contributed by atoms with Crippen molar-refractivity contribution in [2.45, 2.75) is 0 Å². The maximum absolute atomic E-state index is 2.39. The van der Waals surface area contributed by atoms with Crippen LogP contribution in [0.3, 0.4) is 0 Å². The predicted molar refractivity (Wildman–Crippen MR) is 288 cm³/mol. The van der Waals surface area contributed by atoms with Crippen LogP contribution in [0.25, 0.3) is 66.8 Å². The normalized spacial score (nSPS) is 10.9. The molecule has 0 fully saturated rings. The second-order valence-electron chi connectivity index (χ2n) is 17.0. The second-order valence-corrected chi connectivity index (χ2v) is 17.0. The first kappa shape index (κ1) is 41.7. The summed E-state index contributed by atoms with van der Waals surface area (Å²) < 4.78 is 0. The lowest BCUT2D eigenvalue weighted by Gasteiger charge is -2.29. The van der Waals surface area contributed by atoms with Crippen LogP contribution < -0.4 is 9.80 Å². The largest absolute Gasteiger partial charge is 0.311 e. The molecule has 0 heterocycles. The maximum atomic E-state index is 2.39. The fourth-order valence-corrected chi connectivity index (χ4v) is 9.17. The molecule has 322 valence electrons. The van der Waals surface area contributed by atoms with Crippen molar-refractivity contribution in [2.75, 3.05) is 9.80 Å². The molecule has 11 aromatic rings. The Kier molecular flexibility index (Phi) is 11.8. The molecule has 0 N–H and O–H groups in total. The molecule has 0 saturated carbocycles. The Labute approximate surface area is 400 Å². The topological polar surface area (TPSA) is 6.48 Å². The van der Waals surface area contributed by atoms with Crippen LogP contribution in [0, 0.1) is 0 Å². The summed E-state index contributed by atoms with van der Waals surface area (Å²) in [5, 5.41) is 0. The summed E-state index contributed by atoms with van der Waals surface area (Å²) in [5.41, 5.74) is 20.6. The smallest absolute Gasteiger partial charge is 0.0540 e. The van der Waals surface area contributed by atoms with Crippen molar-refractivity contribution in [3.63, 3.8) is 0 Å². The highest BCUT2D eigenvalue weighted by Crippen LogP contribution is 2.44. The standard InChI is InChI=1S/C66H48N2/c1-6-16-49(17-7-1)53-26-37-60(38-27-53)67(61-39-28-54(29-40-61)50-18-8-2-9-19-50)62-41-34-57(35-42-62)59-36-47-66(65(48-59)58-24-14-5-15-25-58)68(63-43-30-55(31-44-63)51-20-10-3-11-21-51)64-45-32-56(33-46-64)52-22-12-4-13-23-52/h1-48H. The predicted octanol–water partition coefficient (Wildman–Crippen LogP) is 18.6. The summed E-state index contributed by atoms with van der Waals surface area (Å²) in [7, 11) is 0. The monoisotopic (exact) mass is 868 g/mol. The third-order valence-corrected chi connectivity index (χ3v) is 12.7. The van der Waals surface area contributed by atoms with Gasteiger partial charge in [-0.05, 0) is 134 Å². The number of rotatable bonds is 12. The average molecular weight is 869 g/mol. The molecule has 0 radical (unpaired) electrons. The van der Waals surface area contributed by atoms with Gasteiger partial charge in [-0.1, -0.05) is 218 Å². The molecule has 0 atom stereocenters. The summed E-state index contributed by atoms with van der Waals surface area (Å²) in [6.45, 7) is 0. The van der Waals surface area contributed by atoms with Crippen LogP contribution in [0.15, 0.2) is 291 Å². The molecule has 0 aliphatic carbocycles. The van der Waals surface area contributed by atoms with Crippen molar-refractivity contribution < 1.29 is 0 Å². The first-order valence-electron chi connectivity index (χ1n) is 23.2. The van der Waals surface area contributed by atoms with Crippen LogP contribution in [0.1, 0.15) is 0 Å². The van der Waals surface area contributed by atoms with E-state index in [9.17, 15) is 0 Å². The van der Waals surface area contributed by atoms with E-state index in [1.807, 2.05) is 0 Å². The molecule has 68 heavy (non-hydrogen) atoms. The van der Waals surface area contributed by atoms with Crippen molar-refractivity contribution in [3.05, 3.63) is 291 Å². The van der Waals surface area contributed by atoms with Crippen molar-refractivity contribution >= 4 is 34.1 Å². The van der Waals surface area contributed by atoms with Crippen LogP contribution in [-0.4, -0.2) is 0 Å². The second kappa shape index (κ2) is 19.2. The zero-order valence-electron chi connectivity index (χ0n) is 37.6. The lowest BCUT2D eigenvalue weighted by Crippen LogP contribution is -2.11. The van der Waals surface area contributed by atoms with E-state index in [0.29, 0.717) is 0 Å². The fourth-order valence-electron chi connectivity index (χ4n) is 9.17. The van der Waals surface area contributed by atoms with Gasteiger partial charge in [0.05, 0.1) is 5.69 Å². The van der Waals surface area contributed by atoms with Crippen molar-refractivity contribution in [2.24, 2.45) is 0 Å². The van der Waals surface area contributed by atoms with Gasteiger partial charge in [-0.15, -0.1) is 0 Å². The molecule has 0 unspecified atom stereocenters. The molecule has 11 aromatic carbocycles. The van der Waals surface area contributed by atoms with Crippen molar-refractivity contribution in [1.82, 2.24) is 0 Å². The molecule has 0 amide bonds. The van der Waals surface area contributed by atoms with Gasteiger partial charge in [-0.2, -0.15) is 0 Å². The zero-order valence-corrected chi connectivity index (χ0v) is 37.6. The maximum Gasteiger partial charge on any atom is 0.0540 e. The van der Waals surface area contributed by atoms with Gasteiger partial charge >= 0.3 is 0 Å². The van der Waals surface area contributed by atoms with Gasteiger partial charge in [0.15, 0.2) is 0 Å². The number of anilines is 6. The van der Waals surface area contributed by atoms with E-state index in [1.54, 1.807) is 0 Å². The van der Waals surface area contributed by atoms with Crippen molar-refractivity contribution in [3.8, 4) is 66.8 Å². The van der Waals surface area contributed by atoms with E-state index in [2.05, 4.69) is 301 Å². The van der Waals surface area contributed by atoms with Gasteiger partial charge in [-0.3, -0.25) is 0 Å². The number of hydrogen-bond acceptors (Lipinski definition) is 2. The Bertz CT molecular complexity index is 3190. The van der Waals surface area contributed by atoms with E-state index in [1.165, 1.54) is 44.5 Å². The first-order valence-corrected chi connectivity index (χ1v) is 23.2. The molecular weight excluding hydrogens is 821 g/mol. The van der Waals surface area contributed by atoms with Crippen LogP contribution in [0.5, 0.6) is 0 Å². The van der Waals surface area contributed by atoms with Gasteiger partial charge < -0.3 is 9.80 Å². The highest BCUT2D eigenvalue weighted by molar-refractivity contribution is 5.92. The molecule has 0 aliphatic heterocycles. The third kappa shape index (κ3) is 8.87. The van der Waals surface area contributed by atoms with Crippen molar-refractivity contribution in [1.29, 1.82) is 0 Å². The van der Waals surface area contributed by atoms with E-state index in [0.717, 1.165) is 56.4 Å². The van der Waals surface area contributed by atoms with Crippen LogP contribution in [-0.2, 0) is 0 Å². The van der Waals surface area contributed by atoms with Gasteiger partial charge in [0.1, 0.15) is 0 Å². The molecule has 0 aliphatic rings.